The number of anilines is 1. The number of nitrogens with zero attached hydrogens (tertiary/aromatic N) is 2. The Labute approximate surface area is 225 Å². The van der Waals surface area contributed by atoms with E-state index in [-0.39, 0.29) is 17.9 Å². The number of pyridine rings is 1. The van der Waals surface area contributed by atoms with Crippen LogP contribution in [0, 0.1) is 12.7 Å². The Morgan fingerprint density at radius 1 is 0.921 bits per heavy atom. The van der Waals surface area contributed by atoms with E-state index in [4.69, 9.17) is 23.2 Å². The van der Waals surface area contributed by atoms with Gasteiger partial charge in [0.25, 0.3) is 0 Å². The van der Waals surface area contributed by atoms with Crippen LogP contribution < -0.4 is 5.32 Å². The molecule has 0 aliphatic carbocycles. The molecule has 0 aliphatic rings. The van der Waals surface area contributed by atoms with Crippen LogP contribution in [0.5, 0.6) is 0 Å². The lowest BCUT2D eigenvalue weighted by molar-refractivity contribution is -0.137. The molecule has 38 heavy (non-hydrogen) atoms. The van der Waals surface area contributed by atoms with Gasteiger partial charge in [0.15, 0.2) is 0 Å². The number of rotatable bonds is 6. The molecule has 1 unspecified atom stereocenters. The van der Waals surface area contributed by atoms with Crippen LogP contribution in [0.1, 0.15) is 27.9 Å². The molecule has 0 saturated heterocycles. The molecule has 0 bridgehead atoms. The molecule has 0 amide bonds. The number of nitrogens with one attached hydrogen (secondary N) is 2. The predicted molar refractivity (Wildman–Crippen MR) is 141 cm³/mol. The maximum Gasteiger partial charge on any atom is 0.416 e. The SMILES string of the molecule is Cc1cc2[nH]c(NC(Cc3ccccc3)(c3cc(F)cc(C(F)(F)F)c3)c3ccc(Cl)cn3)nc2cc1Cl. The molecule has 5 aromatic rings. The van der Waals surface area contributed by atoms with Crippen molar-refractivity contribution in [3.05, 3.63) is 123 Å². The van der Waals surface area contributed by atoms with Gasteiger partial charge in [-0.15, -0.1) is 0 Å². The Bertz CT molecular complexity index is 1560. The van der Waals surface area contributed by atoms with Crippen molar-refractivity contribution in [2.24, 2.45) is 0 Å². The van der Waals surface area contributed by atoms with Gasteiger partial charge in [0, 0.05) is 17.6 Å². The van der Waals surface area contributed by atoms with Crippen LogP contribution in [0.25, 0.3) is 11.0 Å². The van der Waals surface area contributed by atoms with Crippen LogP contribution in [-0.2, 0) is 18.1 Å². The van der Waals surface area contributed by atoms with Crippen molar-refractivity contribution in [2.75, 3.05) is 5.32 Å². The summed E-state index contributed by atoms with van der Waals surface area (Å²) < 4.78 is 56.2. The number of alkyl halides is 3. The largest absolute Gasteiger partial charge is 0.416 e. The molecule has 0 radical (unpaired) electrons. The number of H-pyrrole nitrogens is 1. The molecule has 10 heteroatoms. The maximum absolute atomic E-state index is 14.8. The molecular formula is C28H20Cl2F4N4. The fraction of sp³-hybridized carbons (Fsp3) is 0.143. The van der Waals surface area contributed by atoms with Gasteiger partial charge in [-0.05, 0) is 66.1 Å². The van der Waals surface area contributed by atoms with Gasteiger partial charge in [-0.2, -0.15) is 13.2 Å². The van der Waals surface area contributed by atoms with Crippen molar-refractivity contribution in [2.45, 2.75) is 25.1 Å². The van der Waals surface area contributed by atoms with Crippen molar-refractivity contribution < 1.29 is 17.6 Å². The molecule has 5 rings (SSSR count). The molecule has 0 aliphatic heterocycles. The van der Waals surface area contributed by atoms with Crippen molar-refractivity contribution in [1.82, 2.24) is 15.0 Å². The van der Waals surface area contributed by atoms with E-state index in [0.29, 0.717) is 32.8 Å². The number of imidazole rings is 1. The first kappa shape index (κ1) is 26.0. The summed E-state index contributed by atoms with van der Waals surface area (Å²) in [6.45, 7) is 1.85. The number of hydrogen-bond acceptors (Lipinski definition) is 3. The van der Waals surface area contributed by atoms with E-state index >= 15 is 0 Å². The smallest absolute Gasteiger partial charge is 0.340 e. The number of aryl methyl sites for hydroxylation is 1. The summed E-state index contributed by atoms with van der Waals surface area (Å²) in [5.74, 6) is -0.790. The number of halogens is 6. The van der Waals surface area contributed by atoms with Crippen LogP contribution in [0.3, 0.4) is 0 Å². The highest BCUT2D eigenvalue weighted by Crippen LogP contribution is 2.40. The number of benzene rings is 3. The lowest BCUT2D eigenvalue weighted by Gasteiger charge is -2.35. The molecule has 0 saturated carbocycles. The van der Waals surface area contributed by atoms with Crippen molar-refractivity contribution in [3.8, 4) is 0 Å². The summed E-state index contributed by atoms with van der Waals surface area (Å²) in [6.07, 6.45) is -3.26. The second-order valence-corrected chi connectivity index (χ2v) is 9.83. The van der Waals surface area contributed by atoms with E-state index < -0.39 is 23.1 Å². The van der Waals surface area contributed by atoms with Crippen LogP contribution in [-0.4, -0.2) is 15.0 Å². The Kier molecular flexibility index (Phi) is 6.79. The van der Waals surface area contributed by atoms with E-state index in [1.807, 2.05) is 43.3 Å². The molecule has 2 heterocycles. The zero-order valence-corrected chi connectivity index (χ0v) is 21.4. The number of aromatic amines is 1. The minimum absolute atomic E-state index is 0.0122. The second kappa shape index (κ2) is 9.93. The molecule has 2 aromatic heterocycles. The normalized spacial score (nSPS) is 13.4. The Morgan fingerprint density at radius 3 is 2.34 bits per heavy atom. The van der Waals surface area contributed by atoms with Crippen LogP contribution in [0.2, 0.25) is 10.0 Å². The third kappa shape index (κ3) is 5.19. The third-order valence-electron chi connectivity index (χ3n) is 6.29. The summed E-state index contributed by atoms with van der Waals surface area (Å²) >= 11 is 12.4. The summed E-state index contributed by atoms with van der Waals surface area (Å²) in [6, 6.07) is 18.3. The third-order valence-corrected chi connectivity index (χ3v) is 6.92. The van der Waals surface area contributed by atoms with Crippen molar-refractivity contribution in [1.29, 1.82) is 0 Å². The van der Waals surface area contributed by atoms with Crippen molar-refractivity contribution >= 4 is 40.2 Å². The highest BCUT2D eigenvalue weighted by atomic mass is 35.5. The van der Waals surface area contributed by atoms with Gasteiger partial charge < -0.3 is 10.3 Å². The average Bonchev–Trinajstić information content (AvgIpc) is 3.24. The number of hydrogen-bond donors (Lipinski definition) is 2. The minimum atomic E-state index is -4.77. The molecule has 0 fully saturated rings. The van der Waals surface area contributed by atoms with Gasteiger partial charge in [-0.3, -0.25) is 4.98 Å². The number of fused-ring (bicyclic) bond motifs is 1. The summed E-state index contributed by atoms with van der Waals surface area (Å²) in [7, 11) is 0. The molecule has 0 spiro atoms. The van der Waals surface area contributed by atoms with Gasteiger partial charge in [0.1, 0.15) is 11.4 Å². The van der Waals surface area contributed by atoms with Crippen LogP contribution in [0.15, 0.2) is 79.0 Å². The highest BCUT2D eigenvalue weighted by Gasteiger charge is 2.40. The van der Waals surface area contributed by atoms with Gasteiger partial charge >= 0.3 is 6.18 Å². The maximum atomic E-state index is 14.8. The standard InChI is InChI=1S/C28H20Cl2F4N4/c1-16-9-23-24(13-22(16)30)37-26(36-23)38-27(14-17-5-3-2-4-6-17,25-8-7-20(29)15-35-25)18-10-19(28(32,33)34)12-21(31)11-18/h2-13,15H,14H2,1H3,(H2,36,37,38). The zero-order valence-electron chi connectivity index (χ0n) is 19.9. The topological polar surface area (TPSA) is 53.6 Å². The molecular weight excluding hydrogens is 539 g/mol. The van der Waals surface area contributed by atoms with E-state index in [9.17, 15) is 17.6 Å². The van der Waals surface area contributed by atoms with Gasteiger partial charge in [0.05, 0.1) is 27.3 Å². The zero-order chi connectivity index (χ0) is 27.1. The van der Waals surface area contributed by atoms with E-state index in [1.54, 1.807) is 18.2 Å². The lowest BCUT2D eigenvalue weighted by atomic mass is 9.80. The number of aromatic nitrogens is 3. The van der Waals surface area contributed by atoms with E-state index in [2.05, 4.69) is 20.3 Å². The predicted octanol–water partition coefficient (Wildman–Crippen LogP) is 8.33. The highest BCUT2D eigenvalue weighted by molar-refractivity contribution is 6.32. The van der Waals surface area contributed by atoms with Crippen molar-refractivity contribution in [3.63, 3.8) is 0 Å². The Hall–Kier alpha value is -3.62. The van der Waals surface area contributed by atoms with Crippen LogP contribution >= 0.6 is 23.2 Å². The fourth-order valence-electron chi connectivity index (χ4n) is 4.45. The van der Waals surface area contributed by atoms with Gasteiger partial charge in [0.2, 0.25) is 5.95 Å². The van der Waals surface area contributed by atoms with Gasteiger partial charge in [-0.1, -0.05) is 53.5 Å². The van der Waals surface area contributed by atoms with E-state index in [1.165, 1.54) is 6.20 Å². The summed E-state index contributed by atoms with van der Waals surface area (Å²) in [4.78, 5) is 12.2. The quantitative estimate of drug-likeness (QED) is 0.206. The Balaban J connectivity index is 1.78. The van der Waals surface area contributed by atoms with Crippen LogP contribution in [0.4, 0.5) is 23.5 Å². The summed E-state index contributed by atoms with van der Waals surface area (Å²) in [5.41, 5.74) is 0.540. The Morgan fingerprint density at radius 2 is 1.66 bits per heavy atom. The van der Waals surface area contributed by atoms with Gasteiger partial charge in [-0.25, -0.2) is 9.37 Å². The molecule has 3 aromatic carbocycles. The molecule has 1 atom stereocenters. The average molecular weight is 559 g/mol. The molecule has 4 nitrogen and oxygen atoms in total. The monoisotopic (exact) mass is 558 g/mol. The first-order valence-corrected chi connectivity index (χ1v) is 12.3. The molecule has 2 N–H and O–H groups in total. The fourth-order valence-corrected chi connectivity index (χ4v) is 4.72. The first-order valence-electron chi connectivity index (χ1n) is 11.5. The molecule has 194 valence electrons. The minimum Gasteiger partial charge on any atom is -0.340 e. The van der Waals surface area contributed by atoms with E-state index in [0.717, 1.165) is 23.3 Å². The lowest BCUT2D eigenvalue weighted by Crippen LogP contribution is -2.40. The summed E-state index contributed by atoms with van der Waals surface area (Å²) in [5, 5.41) is 4.14. The second-order valence-electron chi connectivity index (χ2n) is 8.98. The first-order chi connectivity index (χ1) is 18.0.